The summed E-state index contributed by atoms with van der Waals surface area (Å²) in [6, 6.07) is 4.09. The van der Waals surface area contributed by atoms with Gasteiger partial charge in [0.25, 0.3) is 0 Å². The summed E-state index contributed by atoms with van der Waals surface area (Å²) in [4.78, 5) is 8.74. The molecule has 0 unspecified atom stereocenters. The summed E-state index contributed by atoms with van der Waals surface area (Å²) in [7, 11) is 6.08. The number of nitrogens with zero attached hydrogens (tertiary/aromatic N) is 6. The van der Waals surface area contributed by atoms with Gasteiger partial charge in [-0.25, -0.2) is 0 Å². The number of aromatic nitrogens is 4. The van der Waals surface area contributed by atoms with Gasteiger partial charge in [-0.1, -0.05) is 11.3 Å². The Morgan fingerprint density at radius 3 is 3.00 bits per heavy atom. The van der Waals surface area contributed by atoms with E-state index < -0.39 is 0 Å². The standard InChI is InChI=1S/C17H26N6O/c1-21(2)7-8-24-13-15-11-23(10-14-5-4-6-18-9-14)12-16-17(15)22(3)20-19-16/h4-6,9,15H,7-8,10-13H2,1-3H3/t15-/m1/s1. The molecule has 0 amide bonds. The summed E-state index contributed by atoms with van der Waals surface area (Å²) >= 11 is 0. The maximum Gasteiger partial charge on any atom is 0.100 e. The summed E-state index contributed by atoms with van der Waals surface area (Å²) in [5.74, 6) is 0.299. The molecule has 0 spiro atoms. The predicted molar refractivity (Wildman–Crippen MR) is 91.5 cm³/mol. The molecule has 0 saturated heterocycles. The molecule has 0 radical (unpaired) electrons. The zero-order chi connectivity index (χ0) is 16.9. The number of pyridine rings is 1. The zero-order valence-corrected chi connectivity index (χ0v) is 14.7. The molecule has 0 fully saturated rings. The number of fused-ring (bicyclic) bond motifs is 1. The Hall–Kier alpha value is -1.83. The van der Waals surface area contributed by atoms with Crippen LogP contribution >= 0.6 is 0 Å². The van der Waals surface area contributed by atoms with Gasteiger partial charge in [-0.2, -0.15) is 0 Å². The lowest BCUT2D eigenvalue weighted by atomic mass is 9.98. The van der Waals surface area contributed by atoms with Crippen molar-refractivity contribution in [2.75, 3.05) is 40.4 Å². The molecule has 3 heterocycles. The molecule has 1 aliphatic heterocycles. The summed E-state index contributed by atoms with van der Waals surface area (Å²) in [5, 5.41) is 8.56. The van der Waals surface area contributed by atoms with Gasteiger partial charge in [-0.15, -0.1) is 5.10 Å². The van der Waals surface area contributed by atoms with Crippen LogP contribution in [0.4, 0.5) is 0 Å². The van der Waals surface area contributed by atoms with E-state index in [2.05, 4.69) is 45.3 Å². The molecule has 2 aromatic heterocycles. The van der Waals surface area contributed by atoms with Gasteiger partial charge in [-0.3, -0.25) is 14.6 Å². The molecule has 130 valence electrons. The van der Waals surface area contributed by atoms with Crippen LogP contribution in [0.3, 0.4) is 0 Å². The minimum atomic E-state index is 0.299. The Kier molecular flexibility index (Phi) is 5.55. The van der Waals surface area contributed by atoms with Crippen molar-refractivity contribution in [1.82, 2.24) is 29.8 Å². The van der Waals surface area contributed by atoms with Gasteiger partial charge in [0.1, 0.15) is 5.69 Å². The highest BCUT2D eigenvalue weighted by Crippen LogP contribution is 2.27. The van der Waals surface area contributed by atoms with Crippen molar-refractivity contribution < 1.29 is 4.74 Å². The molecular formula is C17H26N6O. The third kappa shape index (κ3) is 4.17. The molecular weight excluding hydrogens is 304 g/mol. The SMILES string of the molecule is CN(C)CCOC[C@H]1CN(Cc2cccnc2)Cc2nnn(C)c21. The van der Waals surface area contributed by atoms with Gasteiger partial charge in [0.05, 0.1) is 18.9 Å². The maximum atomic E-state index is 5.91. The average molecular weight is 330 g/mol. The Balaban J connectivity index is 1.66. The van der Waals surface area contributed by atoms with Crippen molar-refractivity contribution in [3.63, 3.8) is 0 Å². The summed E-state index contributed by atoms with van der Waals surface area (Å²) in [6.07, 6.45) is 3.73. The minimum Gasteiger partial charge on any atom is -0.379 e. The largest absolute Gasteiger partial charge is 0.379 e. The van der Waals surface area contributed by atoms with Crippen LogP contribution in [0.25, 0.3) is 0 Å². The normalized spacial score (nSPS) is 18.1. The lowest BCUT2D eigenvalue weighted by Crippen LogP contribution is -2.36. The first kappa shape index (κ1) is 17.0. The van der Waals surface area contributed by atoms with E-state index in [-0.39, 0.29) is 0 Å². The fourth-order valence-corrected chi connectivity index (χ4v) is 3.17. The molecule has 3 rings (SSSR count). The third-order valence-corrected chi connectivity index (χ3v) is 4.31. The van der Waals surface area contributed by atoms with E-state index in [0.29, 0.717) is 12.5 Å². The van der Waals surface area contributed by atoms with Crippen molar-refractivity contribution in [1.29, 1.82) is 0 Å². The molecule has 0 bridgehead atoms. The minimum absolute atomic E-state index is 0.299. The van der Waals surface area contributed by atoms with Crippen molar-refractivity contribution >= 4 is 0 Å². The second kappa shape index (κ2) is 7.83. The van der Waals surface area contributed by atoms with Crippen LogP contribution in [0.2, 0.25) is 0 Å². The van der Waals surface area contributed by atoms with Crippen LogP contribution in [0.5, 0.6) is 0 Å². The van der Waals surface area contributed by atoms with Crippen LogP contribution in [0, 0.1) is 0 Å². The maximum absolute atomic E-state index is 5.91. The molecule has 1 atom stereocenters. The third-order valence-electron chi connectivity index (χ3n) is 4.31. The van der Waals surface area contributed by atoms with Gasteiger partial charge >= 0.3 is 0 Å². The predicted octanol–water partition coefficient (Wildman–Crippen LogP) is 0.888. The highest BCUT2D eigenvalue weighted by Gasteiger charge is 2.30. The van der Waals surface area contributed by atoms with Crippen LogP contribution in [-0.2, 0) is 24.9 Å². The molecule has 2 aromatic rings. The molecule has 0 N–H and O–H groups in total. The number of hydrogen-bond acceptors (Lipinski definition) is 6. The van der Waals surface area contributed by atoms with E-state index in [0.717, 1.165) is 38.5 Å². The van der Waals surface area contributed by atoms with Gasteiger partial charge in [0.15, 0.2) is 0 Å². The summed E-state index contributed by atoms with van der Waals surface area (Å²) < 4.78 is 7.81. The number of likely N-dealkylation sites (N-methyl/N-ethyl adjacent to an activating group) is 1. The van der Waals surface area contributed by atoms with Gasteiger partial charge in [0, 0.05) is 51.5 Å². The van der Waals surface area contributed by atoms with Crippen LogP contribution < -0.4 is 0 Å². The summed E-state index contributed by atoms with van der Waals surface area (Å²) in [6.45, 7) is 5.02. The van der Waals surface area contributed by atoms with E-state index in [9.17, 15) is 0 Å². The van der Waals surface area contributed by atoms with E-state index in [4.69, 9.17) is 4.74 Å². The fourth-order valence-electron chi connectivity index (χ4n) is 3.17. The van der Waals surface area contributed by atoms with Crippen molar-refractivity contribution in [2.24, 2.45) is 7.05 Å². The number of aryl methyl sites for hydroxylation is 1. The molecule has 24 heavy (non-hydrogen) atoms. The smallest absolute Gasteiger partial charge is 0.100 e. The number of rotatable bonds is 7. The van der Waals surface area contributed by atoms with Crippen molar-refractivity contribution in [3.8, 4) is 0 Å². The first-order chi connectivity index (χ1) is 11.6. The Morgan fingerprint density at radius 2 is 2.25 bits per heavy atom. The Labute approximate surface area is 143 Å². The molecule has 7 heteroatoms. The van der Waals surface area contributed by atoms with E-state index in [1.165, 1.54) is 11.3 Å². The van der Waals surface area contributed by atoms with Crippen LogP contribution in [0.1, 0.15) is 22.9 Å². The van der Waals surface area contributed by atoms with Crippen molar-refractivity contribution in [3.05, 3.63) is 41.5 Å². The lowest BCUT2D eigenvalue weighted by molar-refractivity contribution is 0.0834. The Bertz CT molecular complexity index is 642. The lowest BCUT2D eigenvalue weighted by Gasteiger charge is -2.32. The first-order valence-corrected chi connectivity index (χ1v) is 8.35. The van der Waals surface area contributed by atoms with Gasteiger partial charge < -0.3 is 9.64 Å². The van der Waals surface area contributed by atoms with Crippen LogP contribution in [0.15, 0.2) is 24.5 Å². The second-order valence-corrected chi connectivity index (χ2v) is 6.65. The topological polar surface area (TPSA) is 59.3 Å². The highest BCUT2D eigenvalue weighted by atomic mass is 16.5. The Morgan fingerprint density at radius 1 is 1.38 bits per heavy atom. The molecule has 0 aliphatic carbocycles. The molecule has 7 nitrogen and oxygen atoms in total. The van der Waals surface area contributed by atoms with Crippen molar-refractivity contribution in [2.45, 2.75) is 19.0 Å². The molecule has 1 aliphatic rings. The number of ether oxygens (including phenoxy) is 1. The second-order valence-electron chi connectivity index (χ2n) is 6.65. The average Bonchev–Trinajstić information content (AvgIpc) is 2.93. The van der Waals surface area contributed by atoms with Gasteiger partial charge in [-0.05, 0) is 25.7 Å². The first-order valence-electron chi connectivity index (χ1n) is 8.35. The highest BCUT2D eigenvalue weighted by molar-refractivity contribution is 5.20. The van der Waals surface area contributed by atoms with E-state index >= 15 is 0 Å². The van der Waals surface area contributed by atoms with E-state index in [1.807, 2.05) is 30.2 Å². The number of hydrogen-bond donors (Lipinski definition) is 0. The monoisotopic (exact) mass is 330 g/mol. The zero-order valence-electron chi connectivity index (χ0n) is 14.7. The quantitative estimate of drug-likeness (QED) is 0.703. The fraction of sp³-hybridized carbons (Fsp3) is 0.588. The van der Waals surface area contributed by atoms with Gasteiger partial charge in [0.2, 0.25) is 0 Å². The van der Waals surface area contributed by atoms with Crippen LogP contribution in [-0.4, -0.2) is 70.2 Å². The molecule has 0 saturated carbocycles. The summed E-state index contributed by atoms with van der Waals surface area (Å²) in [5.41, 5.74) is 3.49. The van der Waals surface area contributed by atoms with E-state index in [1.54, 1.807) is 0 Å². The molecule has 0 aromatic carbocycles.